The van der Waals surface area contributed by atoms with E-state index >= 15 is 0 Å². The topological polar surface area (TPSA) is 57.8 Å². The normalized spacial score (nSPS) is 16.6. The minimum atomic E-state index is 0.140. The molecule has 1 fully saturated rings. The Balaban J connectivity index is 1.62. The van der Waals surface area contributed by atoms with Crippen molar-refractivity contribution in [2.45, 2.75) is 64.3 Å². The van der Waals surface area contributed by atoms with E-state index in [1.807, 2.05) is 18.2 Å². The van der Waals surface area contributed by atoms with Crippen molar-refractivity contribution in [1.29, 1.82) is 0 Å². The number of nitrogens with zero attached hydrogens (tertiary/aromatic N) is 1. The molecule has 0 aliphatic heterocycles. The Morgan fingerprint density at radius 2 is 2.05 bits per heavy atom. The zero-order valence-electron chi connectivity index (χ0n) is 13.3. The van der Waals surface area contributed by atoms with E-state index in [2.05, 4.69) is 22.2 Å². The molecule has 1 heterocycles. The SMILES string of the molecule is CCc1nc2ccc(CC(=O)NC3CCCCCC3)cc2[nH]1. The summed E-state index contributed by atoms with van der Waals surface area (Å²) < 4.78 is 0. The summed E-state index contributed by atoms with van der Waals surface area (Å²) in [7, 11) is 0. The summed E-state index contributed by atoms with van der Waals surface area (Å²) >= 11 is 0. The van der Waals surface area contributed by atoms with Crippen molar-refractivity contribution in [3.05, 3.63) is 29.6 Å². The molecular formula is C18H25N3O. The molecule has 1 aliphatic rings. The first kappa shape index (κ1) is 15.1. The van der Waals surface area contributed by atoms with E-state index in [0.717, 1.165) is 41.7 Å². The number of hydrogen-bond acceptors (Lipinski definition) is 2. The highest BCUT2D eigenvalue weighted by atomic mass is 16.1. The van der Waals surface area contributed by atoms with Gasteiger partial charge in [-0.15, -0.1) is 0 Å². The summed E-state index contributed by atoms with van der Waals surface area (Å²) in [6, 6.07) is 6.43. The number of carbonyl (C=O) groups is 1. The molecule has 0 atom stereocenters. The molecule has 2 N–H and O–H groups in total. The van der Waals surface area contributed by atoms with Gasteiger partial charge >= 0.3 is 0 Å². The molecule has 0 spiro atoms. The molecule has 2 aromatic rings. The lowest BCUT2D eigenvalue weighted by molar-refractivity contribution is -0.121. The standard InChI is InChI=1S/C18H25N3O/c1-2-17-20-15-10-9-13(11-16(15)21-17)12-18(22)19-14-7-5-3-4-6-8-14/h9-11,14H,2-8,12H2,1H3,(H,19,22)(H,20,21). The van der Waals surface area contributed by atoms with Gasteiger partial charge in [0.05, 0.1) is 17.5 Å². The number of carbonyl (C=O) groups excluding carboxylic acids is 1. The van der Waals surface area contributed by atoms with Gasteiger partial charge in [-0.05, 0) is 30.5 Å². The van der Waals surface area contributed by atoms with Gasteiger partial charge in [-0.25, -0.2) is 4.98 Å². The van der Waals surface area contributed by atoms with Gasteiger partial charge in [0.25, 0.3) is 0 Å². The number of fused-ring (bicyclic) bond motifs is 1. The van der Waals surface area contributed by atoms with Crippen LogP contribution in [0.2, 0.25) is 0 Å². The molecule has 1 aliphatic carbocycles. The van der Waals surface area contributed by atoms with Gasteiger partial charge < -0.3 is 10.3 Å². The van der Waals surface area contributed by atoms with Crippen LogP contribution in [0.3, 0.4) is 0 Å². The lowest BCUT2D eigenvalue weighted by atomic mass is 10.1. The average molecular weight is 299 g/mol. The van der Waals surface area contributed by atoms with Gasteiger partial charge in [-0.3, -0.25) is 4.79 Å². The highest BCUT2D eigenvalue weighted by Gasteiger charge is 2.15. The molecule has 4 nitrogen and oxygen atoms in total. The van der Waals surface area contributed by atoms with Crippen molar-refractivity contribution in [1.82, 2.24) is 15.3 Å². The first-order valence-corrected chi connectivity index (χ1v) is 8.51. The molecule has 118 valence electrons. The van der Waals surface area contributed by atoms with Gasteiger partial charge in [0, 0.05) is 12.5 Å². The summed E-state index contributed by atoms with van der Waals surface area (Å²) in [5.74, 6) is 1.14. The number of hydrogen-bond donors (Lipinski definition) is 2. The molecule has 1 amide bonds. The van der Waals surface area contributed by atoms with Crippen molar-refractivity contribution in [3.8, 4) is 0 Å². The molecule has 4 heteroatoms. The third-order valence-corrected chi connectivity index (χ3v) is 4.52. The third kappa shape index (κ3) is 3.67. The van der Waals surface area contributed by atoms with Crippen LogP contribution in [0.25, 0.3) is 11.0 Å². The van der Waals surface area contributed by atoms with E-state index in [4.69, 9.17) is 0 Å². The van der Waals surface area contributed by atoms with E-state index in [1.54, 1.807) is 0 Å². The summed E-state index contributed by atoms with van der Waals surface area (Å²) in [5.41, 5.74) is 3.05. The molecule has 1 aromatic carbocycles. The molecule has 0 unspecified atom stereocenters. The van der Waals surface area contributed by atoms with E-state index < -0.39 is 0 Å². The Kier molecular flexibility index (Phi) is 4.76. The Morgan fingerprint density at radius 3 is 2.77 bits per heavy atom. The summed E-state index contributed by atoms with van der Waals surface area (Å²) in [6.07, 6.45) is 8.70. The van der Waals surface area contributed by atoms with Crippen LogP contribution < -0.4 is 5.32 Å². The molecule has 0 saturated heterocycles. The van der Waals surface area contributed by atoms with Crippen molar-refractivity contribution < 1.29 is 4.79 Å². The van der Waals surface area contributed by atoms with Gasteiger partial charge in [0.15, 0.2) is 0 Å². The number of nitrogens with one attached hydrogen (secondary N) is 2. The van der Waals surface area contributed by atoms with Crippen LogP contribution in [0.15, 0.2) is 18.2 Å². The van der Waals surface area contributed by atoms with Crippen LogP contribution in [0.4, 0.5) is 0 Å². The zero-order valence-corrected chi connectivity index (χ0v) is 13.3. The number of H-pyrrole nitrogens is 1. The number of amides is 1. The molecule has 1 saturated carbocycles. The van der Waals surface area contributed by atoms with E-state index in [-0.39, 0.29) is 5.91 Å². The first-order chi connectivity index (χ1) is 10.7. The number of aromatic nitrogens is 2. The zero-order chi connectivity index (χ0) is 15.4. The van der Waals surface area contributed by atoms with Crippen molar-refractivity contribution >= 4 is 16.9 Å². The van der Waals surface area contributed by atoms with Crippen LogP contribution >= 0.6 is 0 Å². The number of aryl methyl sites for hydroxylation is 1. The second kappa shape index (κ2) is 6.95. The van der Waals surface area contributed by atoms with Crippen LogP contribution in [0.5, 0.6) is 0 Å². The summed E-state index contributed by atoms with van der Waals surface area (Å²) in [4.78, 5) is 20.1. The van der Waals surface area contributed by atoms with Gasteiger partial charge in [-0.1, -0.05) is 38.7 Å². The smallest absolute Gasteiger partial charge is 0.224 e. The number of benzene rings is 1. The fraction of sp³-hybridized carbons (Fsp3) is 0.556. The predicted octanol–water partition coefficient (Wildman–Crippen LogP) is 3.51. The molecule has 3 rings (SSSR count). The minimum absolute atomic E-state index is 0.140. The van der Waals surface area contributed by atoms with Crippen molar-refractivity contribution in [3.63, 3.8) is 0 Å². The van der Waals surface area contributed by atoms with Crippen LogP contribution in [0, 0.1) is 0 Å². The second-order valence-electron chi connectivity index (χ2n) is 6.32. The minimum Gasteiger partial charge on any atom is -0.353 e. The van der Waals surface area contributed by atoms with Gasteiger partial charge in [-0.2, -0.15) is 0 Å². The molecule has 0 bridgehead atoms. The second-order valence-corrected chi connectivity index (χ2v) is 6.32. The monoisotopic (exact) mass is 299 g/mol. The fourth-order valence-electron chi connectivity index (χ4n) is 3.27. The van der Waals surface area contributed by atoms with Crippen LogP contribution in [0.1, 0.15) is 56.8 Å². The predicted molar refractivity (Wildman–Crippen MR) is 88.8 cm³/mol. The highest BCUT2D eigenvalue weighted by Crippen LogP contribution is 2.18. The molecule has 22 heavy (non-hydrogen) atoms. The highest BCUT2D eigenvalue weighted by molar-refractivity contribution is 5.82. The van der Waals surface area contributed by atoms with Crippen LogP contribution in [-0.2, 0) is 17.6 Å². The maximum absolute atomic E-state index is 12.3. The quantitative estimate of drug-likeness (QED) is 0.849. The largest absolute Gasteiger partial charge is 0.353 e. The summed E-state index contributed by atoms with van der Waals surface area (Å²) in [5, 5.41) is 3.21. The van der Waals surface area contributed by atoms with Crippen LogP contribution in [-0.4, -0.2) is 21.9 Å². The third-order valence-electron chi connectivity index (χ3n) is 4.52. The lowest BCUT2D eigenvalue weighted by Crippen LogP contribution is -2.35. The Labute approximate surface area is 131 Å². The fourth-order valence-corrected chi connectivity index (χ4v) is 3.27. The van der Waals surface area contributed by atoms with E-state index in [9.17, 15) is 4.79 Å². The molecule has 0 radical (unpaired) electrons. The Hall–Kier alpha value is -1.84. The van der Waals surface area contributed by atoms with Gasteiger partial charge in [0.2, 0.25) is 5.91 Å². The van der Waals surface area contributed by atoms with E-state index in [0.29, 0.717) is 12.5 Å². The van der Waals surface area contributed by atoms with Crippen molar-refractivity contribution in [2.75, 3.05) is 0 Å². The maximum Gasteiger partial charge on any atom is 0.224 e. The average Bonchev–Trinajstić information content (AvgIpc) is 2.75. The Morgan fingerprint density at radius 1 is 1.27 bits per heavy atom. The molecule has 1 aromatic heterocycles. The number of aromatic amines is 1. The summed E-state index contributed by atoms with van der Waals surface area (Å²) in [6.45, 7) is 2.08. The first-order valence-electron chi connectivity index (χ1n) is 8.51. The number of imidazole rings is 1. The van der Waals surface area contributed by atoms with Gasteiger partial charge in [0.1, 0.15) is 5.82 Å². The molecular weight excluding hydrogens is 274 g/mol. The maximum atomic E-state index is 12.3. The van der Waals surface area contributed by atoms with Crippen molar-refractivity contribution in [2.24, 2.45) is 0 Å². The lowest BCUT2D eigenvalue weighted by Gasteiger charge is -2.16. The number of rotatable bonds is 4. The Bertz CT molecular complexity index is 639. The van der Waals surface area contributed by atoms with E-state index in [1.165, 1.54) is 25.7 Å².